The number of carbonyl (C=O) groups excluding carboxylic acids is 2. The van der Waals surface area contributed by atoms with Gasteiger partial charge in [0.15, 0.2) is 11.5 Å². The molecular formula is C28H24N4O4. The van der Waals surface area contributed by atoms with Gasteiger partial charge in [0, 0.05) is 23.2 Å². The van der Waals surface area contributed by atoms with Crippen LogP contribution in [0.1, 0.15) is 32.6 Å². The number of rotatable bonds is 6. The number of fused-ring (bicyclic) bond motifs is 1. The van der Waals surface area contributed by atoms with E-state index in [9.17, 15) is 14.9 Å². The molecule has 3 aromatic rings. The van der Waals surface area contributed by atoms with Crippen LogP contribution in [-0.4, -0.2) is 31.9 Å². The Morgan fingerprint density at radius 2 is 1.64 bits per heavy atom. The van der Waals surface area contributed by atoms with Gasteiger partial charge in [-0.05, 0) is 30.7 Å². The molecule has 0 fully saturated rings. The maximum Gasteiger partial charge on any atom is 0.264 e. The summed E-state index contributed by atoms with van der Waals surface area (Å²) in [6.45, 7) is 2.25. The van der Waals surface area contributed by atoms with Crippen molar-refractivity contribution >= 4 is 23.3 Å². The summed E-state index contributed by atoms with van der Waals surface area (Å²) in [5.74, 6) is 0.196. The van der Waals surface area contributed by atoms with Crippen molar-refractivity contribution in [1.29, 1.82) is 5.26 Å². The third-order valence-electron chi connectivity index (χ3n) is 5.69. The van der Waals surface area contributed by atoms with Gasteiger partial charge in [-0.25, -0.2) is 4.99 Å². The molecule has 2 N–H and O–H groups in total. The van der Waals surface area contributed by atoms with Crippen molar-refractivity contribution in [2.75, 3.05) is 14.2 Å². The number of aryl methyl sites for hydroxylation is 1. The lowest BCUT2D eigenvalue weighted by Crippen LogP contribution is -2.30. The number of carbonyl (C=O) groups is 2. The fourth-order valence-corrected chi connectivity index (χ4v) is 3.76. The minimum absolute atomic E-state index is 0.134. The van der Waals surface area contributed by atoms with E-state index < -0.39 is 11.8 Å². The molecule has 8 nitrogen and oxygen atoms in total. The van der Waals surface area contributed by atoms with E-state index in [1.54, 1.807) is 42.5 Å². The summed E-state index contributed by atoms with van der Waals surface area (Å²) in [5, 5.41) is 15.4. The predicted octanol–water partition coefficient (Wildman–Crippen LogP) is 3.75. The van der Waals surface area contributed by atoms with E-state index in [0.717, 1.165) is 11.1 Å². The minimum Gasteiger partial charge on any atom is -0.493 e. The molecule has 2 amide bonds. The summed E-state index contributed by atoms with van der Waals surface area (Å²) in [6, 6.07) is 21.6. The third kappa shape index (κ3) is 4.95. The highest BCUT2D eigenvalue weighted by Crippen LogP contribution is 2.31. The summed E-state index contributed by atoms with van der Waals surface area (Å²) >= 11 is 0. The number of hydrogen-bond donors (Lipinski definition) is 2. The molecule has 8 heteroatoms. The largest absolute Gasteiger partial charge is 0.493 e. The van der Waals surface area contributed by atoms with Gasteiger partial charge in [-0.2, -0.15) is 5.26 Å². The first-order valence-electron chi connectivity index (χ1n) is 11.1. The Labute approximate surface area is 208 Å². The Morgan fingerprint density at radius 3 is 2.31 bits per heavy atom. The van der Waals surface area contributed by atoms with Crippen molar-refractivity contribution in [3.63, 3.8) is 0 Å². The maximum absolute atomic E-state index is 13.0. The number of ether oxygens (including phenoxy) is 2. The van der Waals surface area contributed by atoms with Crippen LogP contribution >= 0.6 is 0 Å². The van der Waals surface area contributed by atoms with E-state index >= 15 is 0 Å². The molecule has 0 saturated carbocycles. The number of nitrogens with one attached hydrogen (secondary N) is 2. The fourth-order valence-electron chi connectivity index (χ4n) is 3.76. The zero-order chi connectivity index (χ0) is 25.7. The zero-order valence-electron chi connectivity index (χ0n) is 20.1. The predicted molar refractivity (Wildman–Crippen MR) is 136 cm³/mol. The molecule has 0 saturated heterocycles. The molecule has 1 heterocycles. The van der Waals surface area contributed by atoms with Crippen molar-refractivity contribution in [3.05, 3.63) is 100 Å². The fraction of sp³-hybridized carbons (Fsp3) is 0.143. The topological polar surface area (TPSA) is 113 Å². The second-order valence-corrected chi connectivity index (χ2v) is 8.03. The Bertz CT molecular complexity index is 1430. The highest BCUT2D eigenvalue weighted by Gasteiger charge is 2.27. The van der Waals surface area contributed by atoms with Crippen LogP contribution < -0.4 is 20.1 Å². The zero-order valence-corrected chi connectivity index (χ0v) is 20.1. The molecule has 0 spiro atoms. The Kier molecular flexibility index (Phi) is 7.12. The first-order valence-corrected chi connectivity index (χ1v) is 11.1. The Balaban J connectivity index is 1.62. The molecule has 0 aliphatic carbocycles. The van der Waals surface area contributed by atoms with Gasteiger partial charge in [-0.15, -0.1) is 0 Å². The molecule has 0 radical (unpaired) electrons. The second kappa shape index (κ2) is 10.6. The van der Waals surface area contributed by atoms with E-state index in [1.165, 1.54) is 14.2 Å². The monoisotopic (exact) mass is 480 g/mol. The molecule has 3 aromatic carbocycles. The third-order valence-corrected chi connectivity index (χ3v) is 5.69. The van der Waals surface area contributed by atoms with E-state index in [0.29, 0.717) is 28.2 Å². The number of nitrogens with zero attached hydrogens (tertiary/aromatic N) is 2. The number of aliphatic imine (C=N–C) groups is 1. The van der Waals surface area contributed by atoms with Gasteiger partial charge in [-0.3, -0.25) is 9.59 Å². The van der Waals surface area contributed by atoms with E-state index in [1.807, 2.05) is 37.3 Å². The van der Waals surface area contributed by atoms with E-state index in [4.69, 9.17) is 9.47 Å². The highest BCUT2D eigenvalue weighted by molar-refractivity contribution is 6.20. The van der Waals surface area contributed by atoms with Crippen LogP contribution in [0.2, 0.25) is 0 Å². The van der Waals surface area contributed by atoms with Gasteiger partial charge < -0.3 is 20.1 Å². The number of benzene rings is 3. The van der Waals surface area contributed by atoms with Crippen LogP contribution in [0.5, 0.6) is 11.5 Å². The summed E-state index contributed by atoms with van der Waals surface area (Å²) in [6.07, 6.45) is 0. The first-order chi connectivity index (χ1) is 17.4. The first kappa shape index (κ1) is 24.2. The van der Waals surface area contributed by atoms with Gasteiger partial charge in [0.25, 0.3) is 11.8 Å². The van der Waals surface area contributed by atoms with Crippen LogP contribution in [0.15, 0.2) is 77.3 Å². The summed E-state index contributed by atoms with van der Waals surface area (Å²) < 4.78 is 10.5. The molecular weight excluding hydrogens is 456 g/mol. The molecule has 0 atom stereocenters. The summed E-state index contributed by atoms with van der Waals surface area (Å²) in [4.78, 5) is 30.4. The Morgan fingerprint density at radius 1 is 0.944 bits per heavy atom. The molecule has 1 aliphatic heterocycles. The van der Waals surface area contributed by atoms with Crippen LogP contribution in [0, 0.1) is 18.3 Å². The number of methoxy groups -OCH3 is 2. The summed E-state index contributed by atoms with van der Waals surface area (Å²) in [5.41, 5.74) is 3.63. The van der Waals surface area contributed by atoms with Gasteiger partial charge in [-0.1, -0.05) is 54.1 Å². The van der Waals surface area contributed by atoms with Gasteiger partial charge >= 0.3 is 0 Å². The van der Waals surface area contributed by atoms with Crippen molar-refractivity contribution in [2.24, 2.45) is 4.99 Å². The average Bonchev–Trinajstić information content (AvgIpc) is 3.26. The molecule has 36 heavy (non-hydrogen) atoms. The van der Waals surface area contributed by atoms with Crippen molar-refractivity contribution < 1.29 is 19.1 Å². The molecule has 1 aliphatic rings. The van der Waals surface area contributed by atoms with Crippen LogP contribution in [0.25, 0.3) is 5.70 Å². The lowest BCUT2D eigenvalue weighted by Gasteiger charge is -2.10. The molecule has 0 bridgehead atoms. The van der Waals surface area contributed by atoms with Crippen molar-refractivity contribution in [1.82, 2.24) is 10.6 Å². The normalized spacial score (nSPS) is 13.1. The smallest absolute Gasteiger partial charge is 0.264 e. The average molecular weight is 481 g/mol. The SMILES string of the molecule is COc1ccc(C(=O)NC2=NC(=C(C#N)C(=O)NCc3ccc(C)cc3)c3ccccc32)cc1OC. The van der Waals surface area contributed by atoms with Crippen LogP contribution in [0.3, 0.4) is 0 Å². The number of hydrogen-bond acceptors (Lipinski definition) is 6. The molecule has 0 aromatic heterocycles. The van der Waals surface area contributed by atoms with Gasteiger partial charge in [0.05, 0.1) is 19.9 Å². The standard InChI is InChI=1S/C28H24N4O4/c1-17-8-10-18(11-9-17)16-30-28(34)22(15-29)25-20-6-4-5-7-21(20)26(31-25)32-27(33)19-12-13-23(35-2)24(14-19)36-3/h4-14H,16H2,1-3H3,(H,30,34)(H,31,32,33). The van der Waals surface area contributed by atoms with E-state index in [-0.39, 0.29) is 23.7 Å². The number of amides is 2. The number of amidine groups is 1. The maximum atomic E-state index is 13.0. The molecule has 180 valence electrons. The van der Waals surface area contributed by atoms with E-state index in [2.05, 4.69) is 15.6 Å². The minimum atomic E-state index is -0.543. The second-order valence-electron chi connectivity index (χ2n) is 8.03. The lowest BCUT2D eigenvalue weighted by molar-refractivity contribution is -0.117. The van der Waals surface area contributed by atoms with Crippen LogP contribution in [0.4, 0.5) is 0 Å². The Hall–Kier alpha value is -4.90. The quantitative estimate of drug-likeness (QED) is 0.412. The molecule has 0 unspecified atom stereocenters. The summed E-state index contributed by atoms with van der Waals surface area (Å²) in [7, 11) is 3.00. The van der Waals surface area contributed by atoms with Gasteiger partial charge in [0.1, 0.15) is 17.5 Å². The van der Waals surface area contributed by atoms with Crippen molar-refractivity contribution in [3.8, 4) is 17.6 Å². The van der Waals surface area contributed by atoms with Crippen molar-refractivity contribution in [2.45, 2.75) is 13.5 Å². The number of nitriles is 1. The lowest BCUT2D eigenvalue weighted by atomic mass is 10.0. The highest BCUT2D eigenvalue weighted by atomic mass is 16.5. The molecule has 4 rings (SSSR count). The van der Waals surface area contributed by atoms with Crippen LogP contribution in [-0.2, 0) is 11.3 Å². The van der Waals surface area contributed by atoms with Gasteiger partial charge in [0.2, 0.25) is 0 Å².